The lowest BCUT2D eigenvalue weighted by Gasteiger charge is -2.42. The van der Waals surface area contributed by atoms with Gasteiger partial charge < -0.3 is 19.1 Å². The molecule has 2 aliphatic heterocycles. The first-order valence-electron chi connectivity index (χ1n) is 13.8. The molecule has 0 aliphatic carbocycles. The summed E-state index contributed by atoms with van der Waals surface area (Å²) in [7, 11) is 1.53. The third-order valence-electron chi connectivity index (χ3n) is 7.67. The quantitative estimate of drug-likeness (QED) is 0.171. The van der Waals surface area contributed by atoms with Crippen LogP contribution in [-0.4, -0.2) is 65.6 Å². The second-order valence-electron chi connectivity index (χ2n) is 11.7. The van der Waals surface area contributed by atoms with Crippen LogP contribution in [0, 0.1) is 5.82 Å². The summed E-state index contributed by atoms with van der Waals surface area (Å²) >= 11 is 13.3. The molecule has 220 valence electrons. The number of anilines is 1. The summed E-state index contributed by atoms with van der Waals surface area (Å²) < 4.78 is 33.0. The van der Waals surface area contributed by atoms with E-state index in [2.05, 4.69) is 9.97 Å². The Labute approximate surface area is 253 Å². The number of nitrogens with zero attached hydrogens (tertiary/aromatic N) is 4. The van der Waals surface area contributed by atoms with Crippen molar-refractivity contribution in [3.63, 3.8) is 0 Å². The summed E-state index contributed by atoms with van der Waals surface area (Å²) in [6.45, 7) is 6.62. The molecule has 0 saturated carbocycles. The van der Waals surface area contributed by atoms with Crippen molar-refractivity contribution in [3.05, 3.63) is 58.6 Å². The zero-order valence-electron chi connectivity index (χ0n) is 23.8. The molecule has 2 unspecified atom stereocenters. The molecule has 6 rings (SSSR count). The van der Waals surface area contributed by atoms with Crippen molar-refractivity contribution >= 4 is 56.8 Å². The number of benzene rings is 3. The fourth-order valence-electron chi connectivity index (χ4n) is 6.03. The van der Waals surface area contributed by atoms with Crippen LogP contribution in [0.4, 0.5) is 15.0 Å². The van der Waals surface area contributed by atoms with Crippen molar-refractivity contribution < 1.29 is 23.4 Å². The van der Waals surface area contributed by atoms with Crippen LogP contribution < -0.4 is 9.64 Å². The molecule has 2 bridgehead atoms. The van der Waals surface area contributed by atoms with Gasteiger partial charge >= 0.3 is 6.09 Å². The Morgan fingerprint density at radius 2 is 1.76 bits per heavy atom. The minimum Gasteiger partial charge on any atom is -0.468 e. The average molecular weight is 614 g/mol. The monoisotopic (exact) mass is 612 g/mol. The molecule has 3 aromatic carbocycles. The first kappa shape index (κ1) is 28.7. The molecule has 2 fully saturated rings. The van der Waals surface area contributed by atoms with Gasteiger partial charge in [0.05, 0.1) is 17.1 Å². The highest BCUT2D eigenvalue weighted by Gasteiger charge is 2.45. The van der Waals surface area contributed by atoms with Crippen LogP contribution in [-0.2, 0) is 9.47 Å². The van der Waals surface area contributed by atoms with Gasteiger partial charge in [0.15, 0.2) is 12.6 Å². The Hall–Kier alpha value is -3.40. The van der Waals surface area contributed by atoms with E-state index in [0.29, 0.717) is 35.6 Å². The Kier molecular flexibility index (Phi) is 7.53. The number of methoxy groups -OCH3 is 1. The summed E-state index contributed by atoms with van der Waals surface area (Å²) in [4.78, 5) is 25.7. The topological polar surface area (TPSA) is 77.0 Å². The number of halogens is 3. The van der Waals surface area contributed by atoms with E-state index in [1.165, 1.54) is 7.11 Å². The molecule has 0 spiro atoms. The van der Waals surface area contributed by atoms with Crippen LogP contribution in [0.25, 0.3) is 32.8 Å². The highest BCUT2D eigenvalue weighted by molar-refractivity contribution is 6.35. The number of ether oxygens (including phenoxy) is 3. The Morgan fingerprint density at radius 3 is 2.45 bits per heavy atom. The summed E-state index contributed by atoms with van der Waals surface area (Å²) in [5.74, 6) is 0.397. The van der Waals surface area contributed by atoms with Gasteiger partial charge in [-0.05, 0) is 79.7 Å². The third-order valence-corrected chi connectivity index (χ3v) is 8.14. The fourth-order valence-corrected chi connectivity index (χ4v) is 6.49. The number of amides is 1. The van der Waals surface area contributed by atoms with E-state index < -0.39 is 11.4 Å². The number of fused-ring (bicyclic) bond motifs is 4. The summed E-state index contributed by atoms with van der Waals surface area (Å²) in [5.41, 5.74) is 0.234. The number of hydrogen-bond donors (Lipinski definition) is 0. The van der Waals surface area contributed by atoms with Gasteiger partial charge in [-0.1, -0.05) is 35.9 Å². The fraction of sp³-hybridized carbons (Fsp3) is 0.387. The van der Waals surface area contributed by atoms with Crippen LogP contribution in [0.2, 0.25) is 10.3 Å². The molecular weight excluding hydrogens is 582 g/mol. The molecule has 11 heteroatoms. The maximum Gasteiger partial charge on any atom is 0.410 e. The van der Waals surface area contributed by atoms with Crippen LogP contribution in [0.1, 0.15) is 33.6 Å². The second kappa shape index (κ2) is 11.0. The van der Waals surface area contributed by atoms with E-state index in [9.17, 15) is 4.79 Å². The Balaban J connectivity index is 1.42. The van der Waals surface area contributed by atoms with Crippen molar-refractivity contribution in [2.45, 2.75) is 51.3 Å². The average Bonchev–Trinajstić information content (AvgIpc) is 3.20. The summed E-state index contributed by atoms with van der Waals surface area (Å²) in [6, 6.07) is 12.8. The van der Waals surface area contributed by atoms with E-state index in [1.807, 2.05) is 60.9 Å². The lowest BCUT2D eigenvalue weighted by molar-refractivity contribution is 0.0123. The third kappa shape index (κ3) is 5.29. The molecule has 42 heavy (non-hydrogen) atoms. The van der Waals surface area contributed by atoms with Crippen LogP contribution >= 0.6 is 23.2 Å². The van der Waals surface area contributed by atoms with E-state index >= 15 is 4.39 Å². The maximum absolute atomic E-state index is 16.6. The van der Waals surface area contributed by atoms with Gasteiger partial charge in [0, 0.05) is 31.1 Å². The highest BCUT2D eigenvalue weighted by Crippen LogP contribution is 2.43. The molecule has 1 amide bonds. The molecule has 2 aliphatic rings. The zero-order valence-corrected chi connectivity index (χ0v) is 25.3. The van der Waals surface area contributed by atoms with Gasteiger partial charge in [-0.25, -0.2) is 14.2 Å². The zero-order chi connectivity index (χ0) is 29.8. The largest absolute Gasteiger partial charge is 0.468 e. The molecule has 4 aromatic rings. The number of piperazine rings is 1. The number of hydrogen-bond acceptors (Lipinski definition) is 7. The van der Waals surface area contributed by atoms with Gasteiger partial charge in [0.25, 0.3) is 0 Å². The molecule has 2 atom stereocenters. The smallest absolute Gasteiger partial charge is 0.410 e. The van der Waals surface area contributed by atoms with Crippen LogP contribution in [0.15, 0.2) is 42.5 Å². The van der Waals surface area contributed by atoms with E-state index in [4.69, 9.17) is 37.4 Å². The van der Waals surface area contributed by atoms with Crippen LogP contribution in [0.3, 0.4) is 0 Å². The summed E-state index contributed by atoms with van der Waals surface area (Å²) in [5, 5.41) is 2.24. The minimum absolute atomic E-state index is 0.0427. The van der Waals surface area contributed by atoms with Gasteiger partial charge in [-0.2, -0.15) is 4.98 Å². The lowest BCUT2D eigenvalue weighted by Crippen LogP contribution is -2.57. The normalized spacial score (nSPS) is 18.6. The molecular formula is C31H31Cl2FN4O4. The van der Waals surface area contributed by atoms with Gasteiger partial charge in [0.2, 0.25) is 5.28 Å². The molecule has 1 aromatic heterocycles. The predicted molar refractivity (Wildman–Crippen MR) is 162 cm³/mol. The predicted octanol–water partition coefficient (Wildman–Crippen LogP) is 7.47. The highest BCUT2D eigenvalue weighted by atomic mass is 35.5. The summed E-state index contributed by atoms with van der Waals surface area (Å²) in [6.07, 6.45) is 1.36. The number of carbonyl (C=O) groups excluding carboxylic acids is 1. The van der Waals surface area contributed by atoms with E-state index in [-0.39, 0.29) is 46.4 Å². The van der Waals surface area contributed by atoms with Crippen molar-refractivity contribution in [1.29, 1.82) is 0 Å². The maximum atomic E-state index is 16.6. The Morgan fingerprint density at radius 1 is 1.05 bits per heavy atom. The minimum atomic E-state index is -0.604. The molecule has 2 saturated heterocycles. The van der Waals surface area contributed by atoms with Crippen molar-refractivity contribution in [3.8, 4) is 16.9 Å². The van der Waals surface area contributed by atoms with Gasteiger partial charge in [-0.3, -0.25) is 4.90 Å². The second-order valence-corrected chi connectivity index (χ2v) is 12.4. The SMILES string of the molecule is COCOc1cc(-c2c(Cl)cc3c(N4CC5CCC(C4)N5C(=O)OC(C)(C)C)nc(Cl)nc3c2F)c2ccccc2c1. The van der Waals surface area contributed by atoms with Crippen molar-refractivity contribution in [2.24, 2.45) is 0 Å². The van der Waals surface area contributed by atoms with E-state index in [1.54, 1.807) is 12.1 Å². The lowest BCUT2D eigenvalue weighted by atomic mass is 9.96. The standard InChI is InChI=1S/C31H31Cl2FN4O4/c1-31(2,3)42-30(39)38-18-9-10-19(38)15-37(14-18)28-23-13-24(32)25(26(34)27(23)35-29(33)36-28)22-12-20(41-16-40-4)11-17-7-5-6-8-21(17)22/h5-8,11-13,18-19H,9-10,14-16H2,1-4H3. The molecule has 0 radical (unpaired) electrons. The molecule has 3 heterocycles. The Bertz CT molecular complexity index is 1680. The molecule has 8 nitrogen and oxygen atoms in total. The first-order chi connectivity index (χ1) is 20.0. The van der Waals surface area contributed by atoms with Gasteiger partial charge in [0.1, 0.15) is 22.7 Å². The first-order valence-corrected chi connectivity index (χ1v) is 14.6. The number of rotatable bonds is 5. The number of carbonyl (C=O) groups is 1. The molecule has 0 N–H and O–H groups in total. The van der Waals surface area contributed by atoms with E-state index in [0.717, 1.165) is 23.6 Å². The van der Waals surface area contributed by atoms with Gasteiger partial charge in [-0.15, -0.1) is 0 Å². The van der Waals surface area contributed by atoms with Crippen LogP contribution in [0.5, 0.6) is 5.75 Å². The van der Waals surface area contributed by atoms with Crippen molar-refractivity contribution in [2.75, 3.05) is 31.9 Å². The number of aromatic nitrogens is 2. The van der Waals surface area contributed by atoms with Crippen molar-refractivity contribution in [1.82, 2.24) is 14.9 Å².